The van der Waals surface area contributed by atoms with Gasteiger partial charge in [0.2, 0.25) is 5.91 Å². The zero-order valence-electron chi connectivity index (χ0n) is 21.1. The van der Waals surface area contributed by atoms with Gasteiger partial charge in [0.05, 0.1) is 5.69 Å². The molecule has 6 rings (SSSR count). The lowest BCUT2D eigenvalue weighted by Gasteiger charge is -2.53. The Morgan fingerprint density at radius 2 is 1.82 bits per heavy atom. The SMILES string of the molecule is C=CC(=O)N1CC2(CCN(CCc3ccc(-c4cc5c(-c6ccc(F)cc6F)ncnc5[nH]4)cc3)CC2)C1. The Morgan fingerprint density at radius 1 is 1.05 bits per heavy atom. The summed E-state index contributed by atoms with van der Waals surface area (Å²) in [7, 11) is 0. The molecule has 0 saturated carbocycles. The largest absolute Gasteiger partial charge is 0.339 e. The highest BCUT2D eigenvalue weighted by Gasteiger charge is 2.45. The molecule has 1 N–H and O–H groups in total. The summed E-state index contributed by atoms with van der Waals surface area (Å²) < 4.78 is 27.8. The number of aromatic nitrogens is 3. The molecule has 2 saturated heterocycles. The zero-order chi connectivity index (χ0) is 26.3. The highest BCUT2D eigenvalue weighted by Crippen LogP contribution is 2.40. The number of halogens is 2. The lowest BCUT2D eigenvalue weighted by Crippen LogP contribution is -2.61. The summed E-state index contributed by atoms with van der Waals surface area (Å²) in [4.78, 5) is 28.1. The minimum absolute atomic E-state index is 0.0455. The molecule has 2 aliphatic heterocycles. The predicted molar refractivity (Wildman–Crippen MR) is 143 cm³/mol. The number of fused-ring (bicyclic) bond motifs is 1. The molecule has 1 spiro atoms. The van der Waals surface area contributed by atoms with Gasteiger partial charge in [0.1, 0.15) is 23.6 Å². The first-order chi connectivity index (χ1) is 18.4. The van der Waals surface area contributed by atoms with Crippen LogP contribution < -0.4 is 0 Å². The third-order valence-electron chi connectivity index (χ3n) is 8.05. The van der Waals surface area contributed by atoms with E-state index in [0.717, 1.165) is 69.3 Å². The molecule has 1 amide bonds. The van der Waals surface area contributed by atoms with Crippen LogP contribution >= 0.6 is 0 Å². The second kappa shape index (κ2) is 9.76. The smallest absolute Gasteiger partial charge is 0.245 e. The maximum atomic E-state index is 14.4. The Kier molecular flexibility index (Phi) is 6.27. The number of piperidine rings is 1. The molecule has 0 aliphatic carbocycles. The maximum absolute atomic E-state index is 14.4. The molecular formula is C30H29F2N5O. The van der Waals surface area contributed by atoms with E-state index < -0.39 is 11.6 Å². The summed E-state index contributed by atoms with van der Waals surface area (Å²) >= 11 is 0. The lowest BCUT2D eigenvalue weighted by atomic mass is 9.72. The number of carbonyl (C=O) groups excluding carboxylic acids is 1. The molecule has 0 bridgehead atoms. The third-order valence-corrected chi connectivity index (χ3v) is 8.05. The molecule has 2 fully saturated rings. The highest BCUT2D eigenvalue weighted by molar-refractivity contribution is 5.94. The van der Waals surface area contributed by atoms with Crippen LogP contribution in [0.1, 0.15) is 18.4 Å². The van der Waals surface area contributed by atoms with E-state index in [-0.39, 0.29) is 11.5 Å². The number of hydrogen-bond acceptors (Lipinski definition) is 4. The second-order valence-corrected chi connectivity index (χ2v) is 10.5. The molecule has 6 nitrogen and oxygen atoms in total. The van der Waals surface area contributed by atoms with Crippen molar-refractivity contribution in [1.82, 2.24) is 24.8 Å². The van der Waals surface area contributed by atoms with Gasteiger partial charge in [0.25, 0.3) is 0 Å². The monoisotopic (exact) mass is 513 g/mol. The van der Waals surface area contributed by atoms with Crippen molar-refractivity contribution in [2.75, 3.05) is 32.7 Å². The Labute approximate surface area is 220 Å². The molecule has 0 radical (unpaired) electrons. The fraction of sp³-hybridized carbons (Fsp3) is 0.300. The Hall–Kier alpha value is -3.91. The van der Waals surface area contributed by atoms with Crippen LogP contribution in [0.3, 0.4) is 0 Å². The van der Waals surface area contributed by atoms with E-state index in [1.165, 1.54) is 30.1 Å². The number of likely N-dealkylation sites (tertiary alicyclic amines) is 2. The summed E-state index contributed by atoms with van der Waals surface area (Å²) in [6, 6.07) is 13.9. The number of H-pyrrole nitrogens is 1. The van der Waals surface area contributed by atoms with Gasteiger partial charge in [-0.1, -0.05) is 30.8 Å². The van der Waals surface area contributed by atoms with Crippen molar-refractivity contribution in [2.24, 2.45) is 5.41 Å². The standard InChI is InChI=1S/C30H29F2N5O/c1-2-27(38)37-17-30(18-37)10-13-36(14-11-30)12-9-20-3-5-21(6-4-20)26-16-24-28(33-19-34-29(24)35-26)23-8-7-22(31)15-25(23)32/h2-8,15-16,19H,1,9-14,17-18H2,(H,33,34,35). The molecule has 38 heavy (non-hydrogen) atoms. The average molecular weight is 514 g/mol. The van der Waals surface area contributed by atoms with Gasteiger partial charge in [0.15, 0.2) is 0 Å². The first-order valence-electron chi connectivity index (χ1n) is 13.0. The van der Waals surface area contributed by atoms with E-state index in [1.54, 1.807) is 0 Å². The summed E-state index contributed by atoms with van der Waals surface area (Å²) in [6.45, 7) is 8.48. The van der Waals surface area contributed by atoms with Crippen LogP contribution in [0, 0.1) is 17.0 Å². The lowest BCUT2D eigenvalue weighted by molar-refractivity contribution is -0.141. The molecule has 4 heterocycles. The van der Waals surface area contributed by atoms with Crippen LogP contribution in [-0.2, 0) is 11.2 Å². The highest BCUT2D eigenvalue weighted by atomic mass is 19.1. The van der Waals surface area contributed by atoms with Crippen molar-refractivity contribution in [3.8, 4) is 22.5 Å². The average Bonchev–Trinajstić information content (AvgIpc) is 3.36. The van der Waals surface area contributed by atoms with Gasteiger partial charge in [-0.3, -0.25) is 4.79 Å². The number of nitrogens with zero attached hydrogens (tertiary/aromatic N) is 4. The number of rotatable bonds is 6. The van der Waals surface area contributed by atoms with E-state index in [1.807, 2.05) is 11.0 Å². The van der Waals surface area contributed by atoms with Gasteiger partial charge < -0.3 is 14.8 Å². The van der Waals surface area contributed by atoms with Crippen LogP contribution in [0.5, 0.6) is 0 Å². The van der Waals surface area contributed by atoms with Crippen LogP contribution in [-0.4, -0.2) is 63.4 Å². The van der Waals surface area contributed by atoms with Gasteiger partial charge in [-0.25, -0.2) is 18.7 Å². The van der Waals surface area contributed by atoms with E-state index >= 15 is 0 Å². The van der Waals surface area contributed by atoms with Gasteiger partial charge in [-0.05, 0) is 67.8 Å². The quantitative estimate of drug-likeness (QED) is 0.359. The van der Waals surface area contributed by atoms with Gasteiger partial charge >= 0.3 is 0 Å². The fourth-order valence-electron chi connectivity index (χ4n) is 5.75. The number of amides is 1. The molecule has 0 unspecified atom stereocenters. The van der Waals surface area contributed by atoms with Gasteiger partial charge in [-0.15, -0.1) is 0 Å². The molecule has 2 aliphatic rings. The molecule has 0 atom stereocenters. The molecule has 4 aromatic rings. The van der Waals surface area contributed by atoms with Crippen molar-refractivity contribution >= 4 is 16.9 Å². The second-order valence-electron chi connectivity index (χ2n) is 10.5. The van der Waals surface area contributed by atoms with E-state index in [4.69, 9.17) is 0 Å². The van der Waals surface area contributed by atoms with Crippen molar-refractivity contribution in [3.05, 3.63) is 84.7 Å². The first-order valence-corrected chi connectivity index (χ1v) is 13.0. The molecule has 194 valence electrons. The van der Waals surface area contributed by atoms with Crippen LogP contribution in [0.25, 0.3) is 33.5 Å². The summed E-state index contributed by atoms with van der Waals surface area (Å²) in [5, 5.41) is 0.684. The molecule has 8 heteroatoms. The van der Waals surface area contributed by atoms with Gasteiger partial charge in [-0.2, -0.15) is 0 Å². The van der Waals surface area contributed by atoms with Crippen molar-refractivity contribution in [1.29, 1.82) is 0 Å². The van der Waals surface area contributed by atoms with E-state index in [2.05, 4.69) is 50.7 Å². The predicted octanol–water partition coefficient (Wildman–Crippen LogP) is 5.22. The topological polar surface area (TPSA) is 65.1 Å². The summed E-state index contributed by atoms with van der Waals surface area (Å²) in [5.41, 5.74) is 4.71. The maximum Gasteiger partial charge on any atom is 0.245 e. The third kappa shape index (κ3) is 4.60. The molecular weight excluding hydrogens is 484 g/mol. The van der Waals surface area contributed by atoms with Crippen molar-refractivity contribution in [3.63, 3.8) is 0 Å². The Bertz CT molecular complexity index is 1500. The number of carbonyl (C=O) groups is 1. The van der Waals surface area contributed by atoms with Crippen LogP contribution in [0.15, 0.2) is 67.5 Å². The number of aromatic amines is 1. The Balaban J connectivity index is 1.09. The number of nitrogens with one attached hydrogen (secondary N) is 1. The summed E-state index contributed by atoms with van der Waals surface area (Å²) in [5.74, 6) is -1.23. The van der Waals surface area contributed by atoms with Gasteiger partial charge in [0, 0.05) is 47.8 Å². The number of benzene rings is 2. The minimum Gasteiger partial charge on any atom is -0.339 e. The first kappa shape index (κ1) is 24.4. The van der Waals surface area contributed by atoms with Crippen molar-refractivity contribution < 1.29 is 13.6 Å². The van der Waals surface area contributed by atoms with Crippen molar-refractivity contribution in [2.45, 2.75) is 19.3 Å². The van der Waals surface area contributed by atoms with Crippen LogP contribution in [0.2, 0.25) is 0 Å². The number of hydrogen-bond donors (Lipinski definition) is 1. The normalized spacial score (nSPS) is 17.1. The van der Waals surface area contributed by atoms with E-state index in [0.29, 0.717) is 22.1 Å². The fourth-order valence-corrected chi connectivity index (χ4v) is 5.75. The van der Waals surface area contributed by atoms with Crippen LogP contribution in [0.4, 0.5) is 8.78 Å². The van der Waals surface area contributed by atoms with E-state index in [9.17, 15) is 13.6 Å². The summed E-state index contributed by atoms with van der Waals surface area (Å²) in [6.07, 6.45) is 6.04. The molecule has 2 aromatic heterocycles. The molecule has 2 aromatic carbocycles. The minimum atomic E-state index is -0.654. The zero-order valence-corrected chi connectivity index (χ0v) is 21.1. The Morgan fingerprint density at radius 3 is 2.53 bits per heavy atom.